The van der Waals surface area contributed by atoms with E-state index in [0.29, 0.717) is 42.0 Å². The topological polar surface area (TPSA) is 48.0 Å². The number of benzene rings is 2. The summed E-state index contributed by atoms with van der Waals surface area (Å²) in [5, 5.41) is 0. The highest BCUT2D eigenvalue weighted by atomic mass is 16.5. The Kier molecular flexibility index (Phi) is 7.69. The zero-order valence-electron chi connectivity index (χ0n) is 19.3. The maximum atomic E-state index is 12.7. The van der Waals surface area contributed by atoms with Crippen LogP contribution < -0.4 is 14.2 Å². The van der Waals surface area contributed by atoms with Crippen molar-refractivity contribution in [3.8, 4) is 17.2 Å². The van der Waals surface area contributed by atoms with Crippen molar-refractivity contribution in [3.05, 3.63) is 53.6 Å². The van der Waals surface area contributed by atoms with Gasteiger partial charge in [-0.2, -0.15) is 0 Å². The van der Waals surface area contributed by atoms with E-state index in [0.717, 1.165) is 56.8 Å². The molecule has 0 aromatic heterocycles. The van der Waals surface area contributed by atoms with E-state index >= 15 is 0 Å². The van der Waals surface area contributed by atoms with E-state index < -0.39 is 0 Å². The predicted octanol–water partition coefficient (Wildman–Crippen LogP) is 4.87. The van der Waals surface area contributed by atoms with Gasteiger partial charge in [0.15, 0.2) is 11.5 Å². The lowest BCUT2D eigenvalue weighted by molar-refractivity contribution is -0.119. The van der Waals surface area contributed by atoms with Gasteiger partial charge in [0.1, 0.15) is 11.5 Å². The number of fused-ring (bicyclic) bond motifs is 1. The molecule has 2 aromatic carbocycles. The number of hydrogen-bond donors (Lipinski definition) is 0. The minimum atomic E-state index is 0.314. The molecule has 2 heterocycles. The van der Waals surface area contributed by atoms with Crippen molar-refractivity contribution < 1.29 is 19.0 Å². The minimum absolute atomic E-state index is 0.314. The number of carbonyl (C=O) groups is 1. The Morgan fingerprint density at radius 1 is 1.03 bits per heavy atom. The lowest BCUT2D eigenvalue weighted by Crippen LogP contribution is -2.36. The normalized spacial score (nSPS) is 19.1. The molecule has 32 heavy (non-hydrogen) atoms. The molecular formula is C27H35NO4. The quantitative estimate of drug-likeness (QED) is 0.560. The molecule has 172 valence electrons. The number of methoxy groups -OCH3 is 2. The van der Waals surface area contributed by atoms with Gasteiger partial charge in [0.25, 0.3) is 0 Å². The van der Waals surface area contributed by atoms with Crippen LogP contribution in [0.4, 0.5) is 0 Å². The molecule has 4 rings (SSSR count). The molecule has 0 saturated carbocycles. The predicted molar refractivity (Wildman–Crippen MR) is 126 cm³/mol. The Balaban J connectivity index is 1.20. The molecule has 0 radical (unpaired) electrons. The van der Waals surface area contributed by atoms with Gasteiger partial charge in [-0.25, -0.2) is 0 Å². The molecule has 2 aromatic rings. The molecule has 2 aliphatic rings. The fourth-order valence-electron chi connectivity index (χ4n) is 5.08. The van der Waals surface area contributed by atoms with E-state index in [-0.39, 0.29) is 0 Å². The SMILES string of the molecule is COc1ccc(CC(=O)CC2CCN(CCC3CCOc4ccccc43)CC2)cc1OC. The Morgan fingerprint density at radius 2 is 1.81 bits per heavy atom. The van der Waals surface area contributed by atoms with Gasteiger partial charge in [-0.1, -0.05) is 24.3 Å². The highest BCUT2D eigenvalue weighted by Crippen LogP contribution is 2.36. The molecular weight excluding hydrogens is 402 g/mol. The van der Waals surface area contributed by atoms with Gasteiger partial charge in [-0.05, 0) is 86.5 Å². The van der Waals surface area contributed by atoms with Crippen LogP contribution in [0.25, 0.3) is 0 Å². The number of rotatable bonds is 9. The number of para-hydroxylation sites is 1. The molecule has 0 N–H and O–H groups in total. The average Bonchev–Trinajstić information content (AvgIpc) is 2.83. The first kappa shape index (κ1) is 22.7. The van der Waals surface area contributed by atoms with Crippen LogP contribution in [0.1, 0.15) is 49.1 Å². The van der Waals surface area contributed by atoms with Gasteiger partial charge in [-0.3, -0.25) is 4.79 Å². The van der Waals surface area contributed by atoms with Crippen LogP contribution >= 0.6 is 0 Å². The summed E-state index contributed by atoms with van der Waals surface area (Å²) in [4.78, 5) is 15.2. The molecule has 1 fully saturated rings. The summed E-state index contributed by atoms with van der Waals surface area (Å²) in [6.45, 7) is 4.15. The maximum absolute atomic E-state index is 12.7. The number of Topliss-reactive ketones (excluding diaryl/α,β-unsaturated/α-hetero) is 1. The standard InChI is InChI=1S/C27H35NO4/c1-30-26-8-7-21(19-27(26)31-2)18-23(29)17-20-9-13-28(14-10-20)15-11-22-12-16-32-25-6-4-3-5-24(22)25/h3-8,19-20,22H,9-18H2,1-2H3. The number of likely N-dealkylation sites (tertiary alicyclic amines) is 1. The first-order valence-corrected chi connectivity index (χ1v) is 11.8. The largest absolute Gasteiger partial charge is 0.493 e. The van der Waals surface area contributed by atoms with Gasteiger partial charge in [0.05, 0.1) is 20.8 Å². The summed E-state index contributed by atoms with van der Waals surface area (Å²) in [6, 6.07) is 14.2. The number of ketones is 1. The number of carbonyl (C=O) groups excluding carboxylic acids is 1. The maximum Gasteiger partial charge on any atom is 0.161 e. The van der Waals surface area contributed by atoms with Crippen molar-refractivity contribution in [1.82, 2.24) is 4.90 Å². The zero-order chi connectivity index (χ0) is 22.3. The molecule has 2 aliphatic heterocycles. The third-order valence-electron chi connectivity index (χ3n) is 6.95. The van der Waals surface area contributed by atoms with Crippen molar-refractivity contribution in [3.63, 3.8) is 0 Å². The fourth-order valence-corrected chi connectivity index (χ4v) is 5.08. The second-order valence-corrected chi connectivity index (χ2v) is 9.05. The molecule has 1 saturated heterocycles. The van der Waals surface area contributed by atoms with Crippen LogP contribution in [0.5, 0.6) is 17.2 Å². The van der Waals surface area contributed by atoms with E-state index in [4.69, 9.17) is 14.2 Å². The van der Waals surface area contributed by atoms with E-state index in [9.17, 15) is 4.79 Å². The van der Waals surface area contributed by atoms with Crippen LogP contribution in [0.3, 0.4) is 0 Å². The highest BCUT2D eigenvalue weighted by molar-refractivity contribution is 5.81. The average molecular weight is 438 g/mol. The van der Waals surface area contributed by atoms with Crippen LogP contribution in [0, 0.1) is 5.92 Å². The van der Waals surface area contributed by atoms with Gasteiger partial charge in [0.2, 0.25) is 0 Å². The first-order chi connectivity index (χ1) is 15.7. The monoisotopic (exact) mass is 437 g/mol. The second-order valence-electron chi connectivity index (χ2n) is 9.05. The third kappa shape index (κ3) is 5.63. The van der Waals surface area contributed by atoms with Gasteiger partial charge >= 0.3 is 0 Å². The number of piperidine rings is 1. The van der Waals surface area contributed by atoms with Crippen LogP contribution in [0.2, 0.25) is 0 Å². The van der Waals surface area contributed by atoms with Gasteiger partial charge < -0.3 is 19.1 Å². The van der Waals surface area contributed by atoms with E-state index in [2.05, 4.69) is 29.2 Å². The first-order valence-electron chi connectivity index (χ1n) is 11.8. The van der Waals surface area contributed by atoms with E-state index in [1.807, 2.05) is 18.2 Å². The van der Waals surface area contributed by atoms with Crippen molar-refractivity contribution in [2.45, 2.75) is 44.4 Å². The van der Waals surface area contributed by atoms with Gasteiger partial charge in [0, 0.05) is 12.8 Å². The molecule has 5 nitrogen and oxygen atoms in total. The van der Waals surface area contributed by atoms with Crippen LogP contribution in [0.15, 0.2) is 42.5 Å². The van der Waals surface area contributed by atoms with Gasteiger partial charge in [-0.15, -0.1) is 0 Å². The lowest BCUT2D eigenvalue weighted by Gasteiger charge is -2.33. The summed E-state index contributed by atoms with van der Waals surface area (Å²) >= 11 is 0. The second kappa shape index (κ2) is 10.9. The Labute approximate surface area is 191 Å². The Bertz CT molecular complexity index is 904. The van der Waals surface area contributed by atoms with Crippen LogP contribution in [-0.2, 0) is 11.2 Å². The summed E-state index contributed by atoms with van der Waals surface area (Å²) in [6.07, 6.45) is 5.66. The molecule has 1 atom stereocenters. The molecule has 1 unspecified atom stereocenters. The zero-order valence-corrected chi connectivity index (χ0v) is 19.3. The molecule has 0 spiro atoms. The number of nitrogens with zero attached hydrogens (tertiary/aromatic N) is 1. The fraction of sp³-hybridized carbons (Fsp3) is 0.519. The molecule has 0 amide bonds. The number of ether oxygens (including phenoxy) is 3. The molecule has 0 aliphatic carbocycles. The van der Waals surface area contributed by atoms with E-state index in [1.54, 1.807) is 14.2 Å². The summed E-state index contributed by atoms with van der Waals surface area (Å²) in [5.41, 5.74) is 2.36. The lowest BCUT2D eigenvalue weighted by atomic mass is 9.88. The summed E-state index contributed by atoms with van der Waals surface area (Å²) in [7, 11) is 3.25. The smallest absolute Gasteiger partial charge is 0.161 e. The van der Waals surface area contributed by atoms with Crippen molar-refractivity contribution in [2.24, 2.45) is 5.92 Å². The van der Waals surface area contributed by atoms with Crippen LogP contribution in [-0.4, -0.2) is 51.1 Å². The Morgan fingerprint density at radius 3 is 2.59 bits per heavy atom. The van der Waals surface area contributed by atoms with Crippen molar-refractivity contribution >= 4 is 5.78 Å². The molecule has 0 bridgehead atoms. The Hall–Kier alpha value is -2.53. The summed E-state index contributed by atoms with van der Waals surface area (Å²) < 4.78 is 16.4. The number of hydrogen-bond acceptors (Lipinski definition) is 5. The highest BCUT2D eigenvalue weighted by Gasteiger charge is 2.25. The van der Waals surface area contributed by atoms with Crippen molar-refractivity contribution in [2.75, 3.05) is 40.5 Å². The van der Waals surface area contributed by atoms with Crippen molar-refractivity contribution in [1.29, 1.82) is 0 Å². The third-order valence-corrected chi connectivity index (χ3v) is 6.95. The minimum Gasteiger partial charge on any atom is -0.493 e. The molecule has 5 heteroatoms. The summed E-state index contributed by atoms with van der Waals surface area (Å²) in [5.74, 6) is 3.85. The van der Waals surface area contributed by atoms with E-state index in [1.165, 1.54) is 12.0 Å².